The minimum atomic E-state index is -3.04. The smallest absolute Gasteiger partial charge is 0.356 e. The van der Waals surface area contributed by atoms with E-state index in [2.05, 4.69) is 5.10 Å². The van der Waals surface area contributed by atoms with Gasteiger partial charge in [-0.1, -0.05) is 46.9 Å². The zero-order valence-electron chi connectivity index (χ0n) is 18.6. The van der Waals surface area contributed by atoms with Gasteiger partial charge in [-0.2, -0.15) is 5.10 Å². The SMILES string of the molecule is [2H]c1c([2H])c(-c2c([13C]([2H])([2H])[2H])c(C(=O)O)nn2-c2ccc(Cl)cc2Cl)c([2H])c([2H])c1Cl. The minimum absolute atomic E-state index is 0.0190. The largest absolute Gasteiger partial charge is 0.476 e. The molecule has 0 unspecified atom stereocenters. The maximum atomic E-state index is 11.8. The lowest BCUT2D eigenvalue weighted by atomic mass is 10.1. The van der Waals surface area contributed by atoms with Crippen molar-refractivity contribution in [2.24, 2.45) is 0 Å². The standard InChI is InChI=1S/C17H11Cl3N2O2/c1-9-15(17(23)24)21-22(14-7-6-12(19)8-13(14)20)16(9)10-2-4-11(18)5-3-10/h2-8H,1H3,(H,23,24)/i1+1D3,2D,3D,4D,5D. The molecule has 0 aliphatic carbocycles. The van der Waals surface area contributed by atoms with Gasteiger partial charge in [0.1, 0.15) is 0 Å². The Bertz CT molecular complexity index is 1210. The fourth-order valence-electron chi connectivity index (χ4n) is 2.04. The number of carbonyl (C=O) groups is 1. The van der Waals surface area contributed by atoms with Crippen molar-refractivity contribution in [3.8, 4) is 16.9 Å². The van der Waals surface area contributed by atoms with E-state index in [1.165, 1.54) is 18.2 Å². The normalized spacial score (nSPS) is 15.5. The minimum Gasteiger partial charge on any atom is -0.476 e. The van der Waals surface area contributed by atoms with Gasteiger partial charge >= 0.3 is 5.97 Å². The molecule has 1 heterocycles. The molecule has 0 saturated heterocycles. The highest BCUT2D eigenvalue weighted by Crippen LogP contribution is 2.33. The van der Waals surface area contributed by atoms with Crippen molar-refractivity contribution in [2.45, 2.75) is 6.85 Å². The molecule has 0 amide bonds. The van der Waals surface area contributed by atoms with E-state index in [9.17, 15) is 9.90 Å². The van der Waals surface area contributed by atoms with E-state index in [-0.39, 0.29) is 15.7 Å². The summed E-state index contributed by atoms with van der Waals surface area (Å²) >= 11 is 18.0. The van der Waals surface area contributed by atoms with Gasteiger partial charge in [0.15, 0.2) is 5.69 Å². The van der Waals surface area contributed by atoms with Crippen LogP contribution in [-0.4, -0.2) is 20.9 Å². The van der Waals surface area contributed by atoms with E-state index in [0.717, 1.165) is 4.68 Å². The van der Waals surface area contributed by atoms with Gasteiger partial charge < -0.3 is 5.11 Å². The zero-order valence-corrected chi connectivity index (χ0v) is 13.9. The second-order valence-corrected chi connectivity index (χ2v) is 5.80. The van der Waals surface area contributed by atoms with E-state index in [4.69, 9.17) is 44.4 Å². The van der Waals surface area contributed by atoms with Gasteiger partial charge in [-0.05, 0) is 37.1 Å². The second kappa shape index (κ2) is 6.48. The van der Waals surface area contributed by atoms with Crippen LogP contribution in [0.1, 0.15) is 25.6 Å². The van der Waals surface area contributed by atoms with Crippen LogP contribution in [-0.2, 0) is 0 Å². The Hall–Kier alpha value is -2.01. The number of hydrogen-bond donors (Lipinski definition) is 1. The first kappa shape index (κ1) is 10.1. The molecule has 0 saturated carbocycles. The van der Waals surface area contributed by atoms with Crippen LogP contribution in [0.25, 0.3) is 16.9 Å². The fraction of sp³-hybridized carbons (Fsp3) is 0.0588. The summed E-state index contributed by atoms with van der Waals surface area (Å²) in [5.41, 5.74) is -2.57. The summed E-state index contributed by atoms with van der Waals surface area (Å²) in [5, 5.41) is 13.2. The van der Waals surface area contributed by atoms with Crippen LogP contribution < -0.4 is 0 Å². The maximum absolute atomic E-state index is 11.8. The average Bonchev–Trinajstić information content (AvgIpc) is 3.06. The number of hydrogen-bond acceptors (Lipinski definition) is 2. The molecule has 0 spiro atoms. The lowest BCUT2D eigenvalue weighted by Crippen LogP contribution is -2.03. The second-order valence-electron chi connectivity index (χ2n) is 4.57. The maximum Gasteiger partial charge on any atom is 0.356 e. The Balaban J connectivity index is 2.60. The number of nitrogens with zero attached hydrogens (tertiary/aromatic N) is 2. The molecule has 0 aliphatic heterocycles. The Kier molecular flexibility index (Phi) is 2.72. The third kappa shape index (κ3) is 3.00. The van der Waals surface area contributed by atoms with Crippen LogP contribution in [0.15, 0.2) is 42.4 Å². The first-order chi connectivity index (χ1) is 14.3. The Morgan fingerprint density at radius 3 is 2.50 bits per heavy atom. The monoisotopic (exact) mass is 388 g/mol. The number of aromatic carboxylic acids is 1. The number of carboxylic acids is 1. The average molecular weight is 390 g/mol. The van der Waals surface area contributed by atoms with Gasteiger partial charge in [-0.25, -0.2) is 9.48 Å². The molecule has 3 aromatic rings. The van der Waals surface area contributed by atoms with Crippen molar-refractivity contribution in [2.75, 3.05) is 0 Å². The molecule has 4 nitrogen and oxygen atoms in total. The lowest BCUT2D eigenvalue weighted by molar-refractivity contribution is 0.0689. The summed E-state index contributed by atoms with van der Waals surface area (Å²) in [7, 11) is 0. The zero-order chi connectivity index (χ0) is 23.4. The molecular weight excluding hydrogens is 372 g/mol. The molecule has 3 rings (SSSR count). The van der Waals surface area contributed by atoms with Crippen molar-refractivity contribution in [1.82, 2.24) is 9.78 Å². The van der Waals surface area contributed by atoms with E-state index >= 15 is 0 Å². The van der Waals surface area contributed by atoms with Gasteiger partial charge in [0, 0.05) is 25.3 Å². The highest BCUT2D eigenvalue weighted by atomic mass is 35.5. The molecule has 7 heteroatoms. The van der Waals surface area contributed by atoms with E-state index < -0.39 is 64.5 Å². The van der Waals surface area contributed by atoms with Crippen molar-refractivity contribution in [1.29, 1.82) is 0 Å². The molecular formula is C17H11Cl3N2O2. The number of rotatable bonds is 3. The molecule has 0 bridgehead atoms. The van der Waals surface area contributed by atoms with E-state index in [1.807, 2.05) is 0 Å². The highest BCUT2D eigenvalue weighted by Gasteiger charge is 2.22. The van der Waals surface area contributed by atoms with Gasteiger partial charge in [0.2, 0.25) is 0 Å². The fourth-order valence-corrected chi connectivity index (χ4v) is 2.62. The van der Waals surface area contributed by atoms with Gasteiger partial charge in [-0.3, -0.25) is 0 Å². The molecule has 0 fully saturated rings. The summed E-state index contributed by atoms with van der Waals surface area (Å²) in [6, 6.07) is 1.49. The first-order valence-electron chi connectivity index (χ1n) is 9.85. The van der Waals surface area contributed by atoms with Crippen LogP contribution >= 0.6 is 34.8 Å². The van der Waals surface area contributed by atoms with Crippen LogP contribution in [0.4, 0.5) is 0 Å². The Morgan fingerprint density at radius 1 is 1.21 bits per heavy atom. The number of aromatic nitrogens is 2. The number of carboxylic acid groups (broad SMARTS) is 1. The van der Waals surface area contributed by atoms with Gasteiger partial charge in [0.05, 0.1) is 21.9 Å². The number of benzene rings is 2. The quantitative estimate of drug-likeness (QED) is 0.601. The third-order valence-electron chi connectivity index (χ3n) is 3.06. The molecule has 0 radical (unpaired) electrons. The van der Waals surface area contributed by atoms with Crippen molar-refractivity contribution < 1.29 is 19.5 Å². The molecule has 1 N–H and O–H groups in total. The van der Waals surface area contributed by atoms with Gasteiger partial charge in [0.25, 0.3) is 0 Å². The molecule has 0 aliphatic rings. The molecule has 1 aromatic heterocycles. The molecule has 122 valence electrons. The highest BCUT2D eigenvalue weighted by molar-refractivity contribution is 6.35. The summed E-state index contributed by atoms with van der Waals surface area (Å²) in [6.45, 7) is -3.04. The summed E-state index contributed by atoms with van der Waals surface area (Å²) in [4.78, 5) is 11.8. The van der Waals surface area contributed by atoms with E-state index in [1.54, 1.807) is 0 Å². The van der Waals surface area contributed by atoms with Crippen LogP contribution in [0.3, 0.4) is 0 Å². The van der Waals surface area contributed by atoms with Crippen molar-refractivity contribution >= 4 is 40.8 Å². The molecule has 0 atom stereocenters. The van der Waals surface area contributed by atoms with Crippen LogP contribution in [0.2, 0.25) is 15.1 Å². The Labute approximate surface area is 163 Å². The summed E-state index contributed by atoms with van der Waals surface area (Å²) < 4.78 is 57.0. The predicted octanol–water partition coefficient (Wildman–Crippen LogP) is 5.51. The molecule has 24 heavy (non-hydrogen) atoms. The summed E-state index contributed by atoms with van der Waals surface area (Å²) in [5.74, 6) is -1.67. The van der Waals surface area contributed by atoms with Gasteiger partial charge in [-0.15, -0.1) is 0 Å². The van der Waals surface area contributed by atoms with Crippen molar-refractivity contribution in [3.05, 3.63) is 68.7 Å². The lowest BCUT2D eigenvalue weighted by Gasteiger charge is -2.11. The Morgan fingerprint density at radius 2 is 1.92 bits per heavy atom. The topological polar surface area (TPSA) is 55.1 Å². The van der Waals surface area contributed by atoms with E-state index in [0.29, 0.717) is 0 Å². The first-order valence-corrected chi connectivity index (χ1v) is 7.49. The predicted molar refractivity (Wildman–Crippen MR) is 95.7 cm³/mol. The van der Waals surface area contributed by atoms with Crippen LogP contribution in [0, 0.1) is 6.85 Å². The van der Waals surface area contributed by atoms with Crippen LogP contribution in [0.5, 0.6) is 0 Å². The van der Waals surface area contributed by atoms with Crippen molar-refractivity contribution in [3.63, 3.8) is 0 Å². The summed E-state index contributed by atoms with van der Waals surface area (Å²) in [6.07, 6.45) is 0. The third-order valence-corrected chi connectivity index (χ3v) is 3.78. The number of halogens is 3. The molecule has 2 aromatic carbocycles.